The standard InChI is InChI=1S/C15H18FNO2/c1-2-3-4-7-17-15(18)8-11-10-19-14-6-5-12(16)9-13(11)14/h5-6,9-10H,2-4,7-8H2,1H3,(H,17,18). The van der Waals surface area contributed by atoms with Crippen molar-refractivity contribution in [1.29, 1.82) is 0 Å². The first-order valence-corrected chi connectivity index (χ1v) is 6.63. The van der Waals surface area contributed by atoms with Gasteiger partial charge in [-0.2, -0.15) is 0 Å². The van der Waals surface area contributed by atoms with Gasteiger partial charge in [0.25, 0.3) is 0 Å². The van der Waals surface area contributed by atoms with Crippen LogP contribution in [-0.4, -0.2) is 12.5 Å². The van der Waals surface area contributed by atoms with E-state index in [2.05, 4.69) is 12.2 Å². The fourth-order valence-electron chi connectivity index (χ4n) is 2.03. The topological polar surface area (TPSA) is 42.2 Å². The zero-order valence-electron chi connectivity index (χ0n) is 11.0. The Hall–Kier alpha value is -1.84. The number of halogens is 1. The van der Waals surface area contributed by atoms with Crippen molar-refractivity contribution in [2.75, 3.05) is 6.54 Å². The second kappa shape index (κ2) is 6.36. The third kappa shape index (κ3) is 3.56. The molecule has 0 saturated heterocycles. The smallest absolute Gasteiger partial charge is 0.224 e. The minimum absolute atomic E-state index is 0.0527. The van der Waals surface area contributed by atoms with Gasteiger partial charge < -0.3 is 9.73 Å². The fourth-order valence-corrected chi connectivity index (χ4v) is 2.03. The average molecular weight is 263 g/mol. The van der Waals surface area contributed by atoms with Crippen molar-refractivity contribution >= 4 is 16.9 Å². The lowest BCUT2D eigenvalue weighted by Crippen LogP contribution is -2.25. The maximum atomic E-state index is 13.2. The first kappa shape index (κ1) is 13.6. The predicted octanol–water partition coefficient (Wildman–Crippen LogP) is 3.42. The van der Waals surface area contributed by atoms with E-state index in [1.54, 1.807) is 6.07 Å². The summed E-state index contributed by atoms with van der Waals surface area (Å²) >= 11 is 0. The number of rotatable bonds is 6. The molecule has 3 nitrogen and oxygen atoms in total. The number of furan rings is 1. The Labute approximate surface area is 111 Å². The number of hydrogen-bond donors (Lipinski definition) is 1. The Morgan fingerprint density at radius 1 is 1.37 bits per heavy atom. The Morgan fingerprint density at radius 2 is 2.21 bits per heavy atom. The number of hydrogen-bond acceptors (Lipinski definition) is 2. The largest absolute Gasteiger partial charge is 0.464 e. The molecule has 0 aliphatic carbocycles. The summed E-state index contributed by atoms with van der Waals surface area (Å²) in [5.41, 5.74) is 1.33. The summed E-state index contributed by atoms with van der Waals surface area (Å²) in [6, 6.07) is 4.33. The lowest BCUT2D eigenvalue weighted by atomic mass is 10.1. The van der Waals surface area contributed by atoms with Crippen LogP contribution in [0.5, 0.6) is 0 Å². The van der Waals surface area contributed by atoms with Crippen molar-refractivity contribution < 1.29 is 13.6 Å². The maximum absolute atomic E-state index is 13.2. The lowest BCUT2D eigenvalue weighted by molar-refractivity contribution is -0.120. The molecule has 2 rings (SSSR count). The summed E-state index contributed by atoms with van der Waals surface area (Å²) in [5.74, 6) is -0.374. The van der Waals surface area contributed by atoms with Gasteiger partial charge in [-0.05, 0) is 24.6 Å². The van der Waals surface area contributed by atoms with Crippen LogP contribution in [0.4, 0.5) is 4.39 Å². The molecule has 1 N–H and O–H groups in total. The quantitative estimate of drug-likeness (QED) is 0.811. The van der Waals surface area contributed by atoms with Crippen LogP contribution in [0.25, 0.3) is 11.0 Å². The number of nitrogens with one attached hydrogen (secondary N) is 1. The first-order chi connectivity index (χ1) is 9.20. The van der Waals surface area contributed by atoms with Crippen LogP contribution in [0, 0.1) is 5.82 Å². The van der Waals surface area contributed by atoms with E-state index < -0.39 is 0 Å². The molecule has 4 heteroatoms. The Morgan fingerprint density at radius 3 is 3.00 bits per heavy atom. The van der Waals surface area contributed by atoms with Crippen LogP contribution in [0.3, 0.4) is 0 Å². The highest BCUT2D eigenvalue weighted by atomic mass is 19.1. The minimum Gasteiger partial charge on any atom is -0.464 e. The zero-order valence-corrected chi connectivity index (χ0v) is 11.0. The molecule has 1 aromatic heterocycles. The zero-order chi connectivity index (χ0) is 13.7. The Balaban J connectivity index is 1.97. The van der Waals surface area contributed by atoms with E-state index in [9.17, 15) is 9.18 Å². The fraction of sp³-hybridized carbons (Fsp3) is 0.400. The summed E-state index contributed by atoms with van der Waals surface area (Å²) in [4.78, 5) is 11.8. The molecule has 1 heterocycles. The molecule has 1 amide bonds. The number of unbranched alkanes of at least 4 members (excludes halogenated alkanes) is 2. The molecular weight excluding hydrogens is 245 g/mol. The van der Waals surface area contributed by atoms with Gasteiger partial charge in [0.2, 0.25) is 5.91 Å². The van der Waals surface area contributed by atoms with Gasteiger partial charge in [-0.25, -0.2) is 4.39 Å². The van der Waals surface area contributed by atoms with Crippen LogP contribution >= 0.6 is 0 Å². The van der Waals surface area contributed by atoms with E-state index >= 15 is 0 Å². The van der Waals surface area contributed by atoms with Gasteiger partial charge in [-0.1, -0.05) is 19.8 Å². The van der Waals surface area contributed by atoms with Gasteiger partial charge in [-0.15, -0.1) is 0 Å². The highest BCUT2D eigenvalue weighted by Gasteiger charge is 2.10. The lowest BCUT2D eigenvalue weighted by Gasteiger charge is -2.03. The maximum Gasteiger partial charge on any atom is 0.224 e. The van der Waals surface area contributed by atoms with E-state index in [0.717, 1.165) is 24.8 Å². The molecule has 0 saturated carbocycles. The number of benzene rings is 1. The molecule has 0 bridgehead atoms. The van der Waals surface area contributed by atoms with E-state index in [1.807, 2.05) is 0 Å². The second-order valence-corrected chi connectivity index (χ2v) is 4.64. The molecule has 0 radical (unpaired) electrons. The van der Waals surface area contributed by atoms with Crippen molar-refractivity contribution in [3.8, 4) is 0 Å². The van der Waals surface area contributed by atoms with Crippen LogP contribution in [0.2, 0.25) is 0 Å². The number of carbonyl (C=O) groups excluding carboxylic acids is 1. The minimum atomic E-state index is -0.321. The van der Waals surface area contributed by atoms with E-state index in [0.29, 0.717) is 17.5 Å². The third-order valence-electron chi connectivity index (χ3n) is 3.07. The average Bonchev–Trinajstić information content (AvgIpc) is 2.77. The molecule has 1 aromatic carbocycles. The molecule has 0 aliphatic rings. The van der Waals surface area contributed by atoms with Crippen LogP contribution < -0.4 is 5.32 Å². The van der Waals surface area contributed by atoms with Gasteiger partial charge in [0.15, 0.2) is 0 Å². The highest BCUT2D eigenvalue weighted by Crippen LogP contribution is 2.22. The summed E-state index contributed by atoms with van der Waals surface area (Å²) in [7, 11) is 0. The molecule has 19 heavy (non-hydrogen) atoms. The molecular formula is C15H18FNO2. The first-order valence-electron chi connectivity index (χ1n) is 6.63. The van der Waals surface area contributed by atoms with E-state index in [-0.39, 0.29) is 18.1 Å². The van der Waals surface area contributed by atoms with Crippen molar-refractivity contribution in [2.24, 2.45) is 0 Å². The third-order valence-corrected chi connectivity index (χ3v) is 3.07. The normalized spacial score (nSPS) is 10.8. The van der Waals surface area contributed by atoms with Gasteiger partial charge in [0.05, 0.1) is 12.7 Å². The number of fused-ring (bicyclic) bond motifs is 1. The summed E-state index contributed by atoms with van der Waals surface area (Å²) in [6.45, 7) is 2.81. The monoisotopic (exact) mass is 263 g/mol. The van der Waals surface area contributed by atoms with Crippen molar-refractivity contribution in [1.82, 2.24) is 5.32 Å². The van der Waals surface area contributed by atoms with Gasteiger partial charge in [-0.3, -0.25) is 4.79 Å². The summed E-state index contributed by atoms with van der Waals surface area (Å²) in [6.07, 6.45) is 4.98. The van der Waals surface area contributed by atoms with E-state index in [1.165, 1.54) is 18.4 Å². The van der Waals surface area contributed by atoms with Crippen molar-refractivity contribution in [3.05, 3.63) is 35.8 Å². The number of amides is 1. The second-order valence-electron chi connectivity index (χ2n) is 4.64. The van der Waals surface area contributed by atoms with E-state index in [4.69, 9.17) is 4.42 Å². The molecule has 102 valence electrons. The Kier molecular flexibility index (Phi) is 4.55. The van der Waals surface area contributed by atoms with Crippen LogP contribution in [0.15, 0.2) is 28.9 Å². The van der Waals surface area contributed by atoms with Crippen molar-refractivity contribution in [3.63, 3.8) is 0 Å². The van der Waals surface area contributed by atoms with Gasteiger partial charge in [0.1, 0.15) is 11.4 Å². The molecule has 2 aromatic rings. The van der Waals surface area contributed by atoms with Crippen molar-refractivity contribution in [2.45, 2.75) is 32.6 Å². The van der Waals surface area contributed by atoms with Gasteiger partial charge in [0, 0.05) is 17.5 Å². The molecule has 0 aliphatic heterocycles. The number of carbonyl (C=O) groups is 1. The highest BCUT2D eigenvalue weighted by molar-refractivity contribution is 5.87. The molecule has 0 fully saturated rings. The SMILES string of the molecule is CCCCCNC(=O)Cc1coc2ccc(F)cc12. The molecule has 0 atom stereocenters. The summed E-state index contributed by atoms with van der Waals surface area (Å²) in [5, 5.41) is 3.53. The Bertz CT molecular complexity index is 562. The van der Waals surface area contributed by atoms with Crippen LogP contribution in [0.1, 0.15) is 31.7 Å². The summed E-state index contributed by atoms with van der Waals surface area (Å²) < 4.78 is 18.5. The molecule has 0 spiro atoms. The van der Waals surface area contributed by atoms with Gasteiger partial charge >= 0.3 is 0 Å². The van der Waals surface area contributed by atoms with Crippen LogP contribution in [-0.2, 0) is 11.2 Å². The predicted molar refractivity (Wildman–Crippen MR) is 72.4 cm³/mol. The molecule has 0 unspecified atom stereocenters.